The zero-order valence-corrected chi connectivity index (χ0v) is 24.7. The van der Waals surface area contributed by atoms with E-state index in [0.717, 1.165) is 45.0 Å². The van der Waals surface area contributed by atoms with Crippen molar-refractivity contribution in [3.8, 4) is 33.9 Å². The van der Waals surface area contributed by atoms with Gasteiger partial charge in [0.1, 0.15) is 17.5 Å². The maximum absolute atomic E-state index is 13.4. The third-order valence-corrected chi connectivity index (χ3v) is 7.48. The van der Waals surface area contributed by atoms with Gasteiger partial charge in [0, 0.05) is 42.3 Å². The topological polar surface area (TPSA) is 108 Å². The van der Waals surface area contributed by atoms with Crippen LogP contribution in [0.3, 0.4) is 0 Å². The van der Waals surface area contributed by atoms with Gasteiger partial charge in [-0.2, -0.15) is 0 Å². The maximum atomic E-state index is 13.4. The number of aromatic nitrogens is 2. The molecule has 4 aromatic rings. The predicted molar refractivity (Wildman–Crippen MR) is 162 cm³/mol. The fourth-order valence-electron chi connectivity index (χ4n) is 5.53. The molecule has 0 saturated carbocycles. The number of nitrogens with two attached hydrogens (primary N) is 1. The summed E-state index contributed by atoms with van der Waals surface area (Å²) in [6.45, 7) is 7.64. The minimum Gasteiger partial charge on any atom is -0.460 e. The Morgan fingerprint density at radius 2 is 1.67 bits per heavy atom. The van der Waals surface area contributed by atoms with Crippen LogP contribution in [0.5, 0.6) is 0 Å². The average molecular weight is 565 g/mol. The maximum Gasteiger partial charge on any atom is 0.306 e. The van der Waals surface area contributed by atoms with E-state index in [1.807, 2.05) is 61.6 Å². The number of primary amides is 1. The summed E-state index contributed by atoms with van der Waals surface area (Å²) in [5, 5.41) is 0. The lowest BCUT2D eigenvalue weighted by atomic mass is 10.0. The molecule has 2 heterocycles. The zero-order valence-electron chi connectivity index (χ0n) is 24.7. The Labute approximate surface area is 246 Å². The highest BCUT2D eigenvalue weighted by atomic mass is 16.6. The number of imidazole rings is 1. The number of carbonyl (C=O) groups excluding carboxylic acids is 3. The van der Waals surface area contributed by atoms with Gasteiger partial charge in [-0.15, -0.1) is 0 Å². The van der Waals surface area contributed by atoms with Crippen LogP contribution in [-0.4, -0.2) is 43.9 Å². The van der Waals surface area contributed by atoms with E-state index in [1.165, 1.54) is 4.90 Å². The van der Waals surface area contributed by atoms with Crippen molar-refractivity contribution in [2.45, 2.75) is 58.7 Å². The third kappa shape index (κ3) is 5.70. The number of esters is 1. The van der Waals surface area contributed by atoms with Crippen LogP contribution >= 0.6 is 0 Å². The molecule has 3 aromatic carbocycles. The van der Waals surface area contributed by atoms with Crippen LogP contribution in [0.15, 0.2) is 72.8 Å². The van der Waals surface area contributed by atoms with Crippen molar-refractivity contribution in [3.63, 3.8) is 0 Å². The van der Waals surface area contributed by atoms with Crippen molar-refractivity contribution in [2.24, 2.45) is 12.8 Å². The van der Waals surface area contributed by atoms with Gasteiger partial charge in [-0.05, 0) is 57.4 Å². The lowest BCUT2D eigenvalue weighted by Crippen LogP contribution is -2.45. The van der Waals surface area contributed by atoms with Crippen LogP contribution in [0.4, 0.5) is 0 Å². The number of fused-ring (bicyclic) bond motifs is 1. The summed E-state index contributed by atoms with van der Waals surface area (Å²) >= 11 is 0. The van der Waals surface area contributed by atoms with Gasteiger partial charge in [0.05, 0.1) is 11.4 Å². The molecule has 0 fully saturated rings. The highest BCUT2D eigenvalue weighted by Crippen LogP contribution is 2.38. The van der Waals surface area contributed by atoms with E-state index in [1.54, 1.807) is 26.8 Å². The molecule has 42 heavy (non-hydrogen) atoms. The highest BCUT2D eigenvalue weighted by molar-refractivity contribution is 6.01. The molecule has 8 heteroatoms. The van der Waals surface area contributed by atoms with Crippen molar-refractivity contribution in [1.29, 1.82) is 0 Å². The molecular weight excluding hydrogens is 528 g/mol. The number of hydrogen-bond donors (Lipinski definition) is 1. The van der Waals surface area contributed by atoms with Crippen molar-refractivity contribution in [1.82, 2.24) is 14.5 Å². The largest absolute Gasteiger partial charge is 0.460 e. The smallest absolute Gasteiger partial charge is 0.306 e. The van der Waals surface area contributed by atoms with Crippen molar-refractivity contribution < 1.29 is 19.1 Å². The Morgan fingerprint density at radius 3 is 2.33 bits per heavy atom. The van der Waals surface area contributed by atoms with Gasteiger partial charge in [-0.3, -0.25) is 14.4 Å². The van der Waals surface area contributed by atoms with E-state index >= 15 is 0 Å². The Kier molecular flexibility index (Phi) is 7.73. The van der Waals surface area contributed by atoms with Gasteiger partial charge in [0.25, 0.3) is 5.91 Å². The summed E-state index contributed by atoms with van der Waals surface area (Å²) in [4.78, 5) is 44.7. The summed E-state index contributed by atoms with van der Waals surface area (Å²) in [6, 6.07) is 23.0. The van der Waals surface area contributed by atoms with Gasteiger partial charge < -0.3 is 19.9 Å². The molecule has 0 saturated heterocycles. The molecule has 1 aliphatic heterocycles. The minimum atomic E-state index is -0.925. The van der Waals surface area contributed by atoms with Gasteiger partial charge >= 0.3 is 5.97 Å². The van der Waals surface area contributed by atoms with Crippen molar-refractivity contribution >= 4 is 17.8 Å². The standard InChI is InChI=1S/C34H36N4O4/c1-21-11-9-10-14-25(21)30-29(22-12-7-6-8-13-22)36-32(37(30)5)23-15-16-26-24(19-23)20-38(33(26)41)27(31(35)40)17-18-28(39)42-34(2,3)4/h6-16,19,27H,17-18,20H2,1-5H3,(H2,35,40). The van der Waals surface area contributed by atoms with E-state index in [4.69, 9.17) is 15.5 Å². The summed E-state index contributed by atoms with van der Waals surface area (Å²) < 4.78 is 7.47. The molecule has 5 rings (SSSR count). The first-order chi connectivity index (χ1) is 19.9. The molecular formula is C34H36N4O4. The van der Waals surface area contributed by atoms with Gasteiger partial charge in [-0.25, -0.2) is 4.98 Å². The molecule has 1 atom stereocenters. The molecule has 0 bridgehead atoms. The number of rotatable bonds is 8. The first-order valence-corrected chi connectivity index (χ1v) is 14.1. The van der Waals surface area contributed by atoms with Gasteiger partial charge in [0.2, 0.25) is 5.91 Å². The number of amides is 2. The van der Waals surface area contributed by atoms with Gasteiger partial charge in [-0.1, -0.05) is 60.7 Å². The lowest BCUT2D eigenvalue weighted by molar-refractivity contribution is -0.155. The Bertz CT molecular complexity index is 1670. The first-order valence-electron chi connectivity index (χ1n) is 14.1. The molecule has 216 valence electrons. The van der Waals surface area contributed by atoms with E-state index in [9.17, 15) is 14.4 Å². The van der Waals surface area contributed by atoms with E-state index in [2.05, 4.69) is 23.6 Å². The molecule has 1 aliphatic rings. The lowest BCUT2D eigenvalue weighted by Gasteiger charge is -2.25. The minimum absolute atomic E-state index is 0.0204. The molecule has 1 unspecified atom stereocenters. The van der Waals surface area contributed by atoms with E-state index in [-0.39, 0.29) is 25.3 Å². The molecule has 0 spiro atoms. The molecule has 2 amide bonds. The molecule has 8 nitrogen and oxygen atoms in total. The number of ether oxygens (including phenoxy) is 1. The third-order valence-electron chi connectivity index (χ3n) is 7.48. The van der Waals surface area contributed by atoms with Crippen LogP contribution < -0.4 is 5.73 Å². The van der Waals surface area contributed by atoms with E-state index < -0.39 is 23.5 Å². The normalized spacial score (nSPS) is 13.6. The average Bonchev–Trinajstić information content (AvgIpc) is 3.44. The number of nitrogens with zero attached hydrogens (tertiary/aromatic N) is 3. The Balaban J connectivity index is 1.48. The fraction of sp³-hybridized carbons (Fsp3) is 0.294. The summed E-state index contributed by atoms with van der Waals surface area (Å²) in [5.74, 6) is -0.611. The van der Waals surface area contributed by atoms with Crippen LogP contribution in [0, 0.1) is 6.92 Å². The molecule has 1 aromatic heterocycles. The second kappa shape index (κ2) is 11.3. The Hall–Kier alpha value is -4.72. The van der Waals surface area contributed by atoms with E-state index in [0.29, 0.717) is 5.56 Å². The Morgan fingerprint density at radius 1 is 0.976 bits per heavy atom. The number of carbonyl (C=O) groups is 3. The van der Waals surface area contributed by atoms with Crippen LogP contribution in [-0.2, 0) is 27.9 Å². The number of aryl methyl sites for hydroxylation is 1. The SMILES string of the molecule is Cc1ccccc1-c1c(-c2ccccc2)nc(-c2ccc3c(c2)CN(C(CCC(=O)OC(C)(C)C)C(N)=O)C3=O)n1C. The quantitative estimate of drug-likeness (QED) is 0.278. The van der Waals surface area contributed by atoms with Crippen molar-refractivity contribution in [3.05, 3.63) is 89.5 Å². The fourth-order valence-corrected chi connectivity index (χ4v) is 5.53. The monoisotopic (exact) mass is 564 g/mol. The molecule has 2 N–H and O–H groups in total. The summed E-state index contributed by atoms with van der Waals surface area (Å²) in [7, 11) is 2.00. The summed E-state index contributed by atoms with van der Waals surface area (Å²) in [5.41, 5.74) is 12.3. The summed E-state index contributed by atoms with van der Waals surface area (Å²) in [6.07, 6.45) is 0.0733. The number of hydrogen-bond acceptors (Lipinski definition) is 5. The van der Waals surface area contributed by atoms with Crippen LogP contribution in [0.2, 0.25) is 0 Å². The zero-order chi connectivity index (χ0) is 30.2. The number of benzene rings is 3. The van der Waals surface area contributed by atoms with Crippen molar-refractivity contribution in [2.75, 3.05) is 0 Å². The van der Waals surface area contributed by atoms with Crippen LogP contribution in [0.1, 0.15) is 55.1 Å². The molecule has 0 aliphatic carbocycles. The van der Waals surface area contributed by atoms with Gasteiger partial charge in [0.15, 0.2) is 0 Å². The second-order valence-electron chi connectivity index (χ2n) is 11.7. The van der Waals surface area contributed by atoms with Crippen LogP contribution in [0.25, 0.3) is 33.9 Å². The first kappa shape index (κ1) is 28.8. The molecule has 0 radical (unpaired) electrons. The predicted octanol–water partition coefficient (Wildman–Crippen LogP) is 5.66. The highest BCUT2D eigenvalue weighted by Gasteiger charge is 2.36. The second-order valence-corrected chi connectivity index (χ2v) is 11.7.